The monoisotopic (exact) mass is 154 g/mol. The van der Waals surface area contributed by atoms with Crippen molar-refractivity contribution in [2.75, 3.05) is 6.61 Å². The maximum absolute atomic E-state index is 10.8. The highest BCUT2D eigenvalue weighted by atomic mass is 16.6. The van der Waals surface area contributed by atoms with E-state index in [1.54, 1.807) is 0 Å². The van der Waals surface area contributed by atoms with Gasteiger partial charge in [-0.1, -0.05) is 6.08 Å². The average molecular weight is 154 g/mol. The average Bonchev–Trinajstić information content (AvgIpc) is 2.45. The first kappa shape index (κ1) is 6.85. The highest BCUT2D eigenvalue weighted by Gasteiger charge is 2.39. The molecule has 1 fully saturated rings. The molecule has 1 saturated heterocycles. The van der Waals surface area contributed by atoms with Gasteiger partial charge in [-0.2, -0.15) is 0 Å². The summed E-state index contributed by atoms with van der Waals surface area (Å²) in [6.45, 7) is 0.0223. The number of hydrogen-bond acceptors (Lipinski definition) is 3. The molecule has 11 heavy (non-hydrogen) atoms. The van der Waals surface area contributed by atoms with E-state index in [9.17, 15) is 4.79 Å². The van der Waals surface area contributed by atoms with E-state index in [2.05, 4.69) is 0 Å². The summed E-state index contributed by atoms with van der Waals surface area (Å²) in [6.07, 6.45) is 3.27. The van der Waals surface area contributed by atoms with Crippen molar-refractivity contribution in [3.8, 4) is 0 Å². The van der Waals surface area contributed by atoms with Crippen molar-refractivity contribution in [1.29, 1.82) is 0 Å². The van der Waals surface area contributed by atoms with Crippen LogP contribution in [0.2, 0.25) is 0 Å². The molecule has 1 aliphatic heterocycles. The van der Waals surface area contributed by atoms with Crippen LogP contribution in [0, 0.1) is 5.92 Å². The maximum Gasteiger partial charge on any atom is 0.306 e. The zero-order chi connectivity index (χ0) is 7.84. The molecule has 0 aromatic heterocycles. The van der Waals surface area contributed by atoms with Crippen LogP contribution in [-0.4, -0.2) is 23.8 Å². The number of carbonyl (C=O) groups excluding carboxylic acids is 1. The first-order valence-corrected chi connectivity index (χ1v) is 3.80. The summed E-state index contributed by atoms with van der Waals surface area (Å²) < 4.78 is 5.02. The number of carbonyl (C=O) groups is 1. The van der Waals surface area contributed by atoms with Gasteiger partial charge in [0.25, 0.3) is 0 Å². The predicted molar refractivity (Wildman–Crippen MR) is 37.8 cm³/mol. The highest BCUT2D eigenvalue weighted by Crippen LogP contribution is 2.35. The number of ether oxygens (including phenoxy) is 1. The fourth-order valence-electron chi connectivity index (χ4n) is 1.77. The molecule has 1 heterocycles. The quantitative estimate of drug-likeness (QED) is 0.434. The number of esters is 1. The molecule has 0 amide bonds. The summed E-state index contributed by atoms with van der Waals surface area (Å²) in [5.74, 6) is 0.184. The third-order valence-corrected chi connectivity index (χ3v) is 2.35. The highest BCUT2D eigenvalue weighted by molar-refractivity contribution is 5.73. The van der Waals surface area contributed by atoms with E-state index in [-0.39, 0.29) is 18.7 Å². The van der Waals surface area contributed by atoms with Crippen molar-refractivity contribution in [3.63, 3.8) is 0 Å². The molecule has 0 aromatic rings. The zero-order valence-electron chi connectivity index (χ0n) is 6.12. The van der Waals surface area contributed by atoms with Crippen molar-refractivity contribution in [2.24, 2.45) is 5.92 Å². The molecule has 3 nitrogen and oxygen atoms in total. The van der Waals surface area contributed by atoms with Crippen LogP contribution < -0.4 is 0 Å². The van der Waals surface area contributed by atoms with Gasteiger partial charge >= 0.3 is 5.97 Å². The largest absolute Gasteiger partial charge is 0.457 e. The summed E-state index contributed by atoms with van der Waals surface area (Å²) in [5.41, 5.74) is 0.876. The molecule has 0 saturated carbocycles. The Kier molecular flexibility index (Phi) is 1.46. The van der Waals surface area contributed by atoms with Crippen LogP contribution in [0.5, 0.6) is 0 Å². The summed E-state index contributed by atoms with van der Waals surface area (Å²) >= 11 is 0. The third kappa shape index (κ3) is 0.959. The Hall–Kier alpha value is -0.830. The number of aliphatic hydroxyl groups is 1. The molecule has 3 heteroatoms. The molecule has 2 rings (SSSR count). The van der Waals surface area contributed by atoms with Crippen molar-refractivity contribution >= 4 is 5.97 Å². The maximum atomic E-state index is 10.8. The smallest absolute Gasteiger partial charge is 0.306 e. The minimum atomic E-state index is -0.126. The number of rotatable bonds is 1. The first-order chi connectivity index (χ1) is 5.31. The Labute approximate surface area is 64.7 Å². The molecule has 1 N–H and O–H groups in total. The van der Waals surface area contributed by atoms with Crippen LogP contribution in [0.1, 0.15) is 12.8 Å². The van der Waals surface area contributed by atoms with Gasteiger partial charge in [-0.15, -0.1) is 0 Å². The predicted octanol–water partition coefficient (Wildman–Crippen LogP) is 0.240. The van der Waals surface area contributed by atoms with Crippen molar-refractivity contribution < 1.29 is 14.6 Å². The van der Waals surface area contributed by atoms with Gasteiger partial charge in [-0.25, -0.2) is 0 Å². The normalized spacial score (nSPS) is 35.0. The topological polar surface area (TPSA) is 46.5 Å². The Bertz CT molecular complexity index is 219. The van der Waals surface area contributed by atoms with Gasteiger partial charge in [0.1, 0.15) is 6.10 Å². The molecule has 2 aliphatic rings. The van der Waals surface area contributed by atoms with Gasteiger partial charge in [0.05, 0.1) is 13.0 Å². The molecular formula is C8H10O3. The van der Waals surface area contributed by atoms with Gasteiger partial charge in [-0.05, 0) is 12.0 Å². The van der Waals surface area contributed by atoms with Crippen LogP contribution in [0.25, 0.3) is 0 Å². The third-order valence-electron chi connectivity index (χ3n) is 2.35. The van der Waals surface area contributed by atoms with E-state index in [1.165, 1.54) is 0 Å². The Morgan fingerprint density at radius 3 is 3.27 bits per heavy atom. The molecule has 0 aromatic carbocycles. The van der Waals surface area contributed by atoms with E-state index in [4.69, 9.17) is 9.84 Å². The lowest BCUT2D eigenvalue weighted by Gasteiger charge is -2.09. The van der Waals surface area contributed by atoms with Crippen molar-refractivity contribution in [1.82, 2.24) is 0 Å². The van der Waals surface area contributed by atoms with E-state index >= 15 is 0 Å². The second kappa shape index (κ2) is 2.34. The van der Waals surface area contributed by atoms with Gasteiger partial charge < -0.3 is 9.84 Å². The lowest BCUT2D eigenvalue weighted by molar-refractivity contribution is -0.140. The van der Waals surface area contributed by atoms with Crippen molar-refractivity contribution in [3.05, 3.63) is 11.6 Å². The minimum Gasteiger partial charge on any atom is -0.457 e. The van der Waals surface area contributed by atoms with Crippen LogP contribution >= 0.6 is 0 Å². The van der Waals surface area contributed by atoms with Crippen LogP contribution in [0.4, 0.5) is 0 Å². The van der Waals surface area contributed by atoms with Crippen LogP contribution in [0.3, 0.4) is 0 Å². The van der Waals surface area contributed by atoms with Crippen molar-refractivity contribution in [2.45, 2.75) is 18.9 Å². The lowest BCUT2D eigenvalue weighted by Crippen LogP contribution is -2.15. The summed E-state index contributed by atoms with van der Waals surface area (Å²) in [5, 5.41) is 8.84. The molecule has 60 valence electrons. The number of hydrogen-bond donors (Lipinski definition) is 1. The van der Waals surface area contributed by atoms with Gasteiger partial charge in [0.2, 0.25) is 0 Å². The number of fused-ring (bicyclic) bond motifs is 1. The van der Waals surface area contributed by atoms with E-state index < -0.39 is 0 Å². The summed E-state index contributed by atoms with van der Waals surface area (Å²) in [6, 6.07) is 0. The zero-order valence-corrected chi connectivity index (χ0v) is 6.12. The Balaban J connectivity index is 2.14. The second-order valence-electron chi connectivity index (χ2n) is 3.05. The summed E-state index contributed by atoms with van der Waals surface area (Å²) in [7, 11) is 0. The minimum absolute atomic E-state index is 0.0223. The second-order valence-corrected chi connectivity index (χ2v) is 3.05. The van der Waals surface area contributed by atoms with Gasteiger partial charge in [-0.3, -0.25) is 4.79 Å². The first-order valence-electron chi connectivity index (χ1n) is 3.80. The molecule has 0 bridgehead atoms. The Morgan fingerprint density at radius 1 is 1.73 bits per heavy atom. The summed E-state index contributed by atoms with van der Waals surface area (Å²) in [4.78, 5) is 10.8. The molecule has 0 spiro atoms. The fourth-order valence-corrected chi connectivity index (χ4v) is 1.77. The molecule has 2 atom stereocenters. The molecule has 1 aliphatic carbocycles. The fraction of sp³-hybridized carbons (Fsp3) is 0.625. The Morgan fingerprint density at radius 2 is 2.55 bits per heavy atom. The van der Waals surface area contributed by atoms with Gasteiger partial charge in [0, 0.05) is 5.92 Å². The molecule has 0 unspecified atom stereocenters. The lowest BCUT2D eigenvalue weighted by atomic mass is 10.0. The van der Waals surface area contributed by atoms with Crippen LogP contribution in [0.15, 0.2) is 11.6 Å². The molecular weight excluding hydrogens is 144 g/mol. The van der Waals surface area contributed by atoms with E-state index in [0.29, 0.717) is 12.3 Å². The standard InChI is InChI=1S/C8H10O3/c9-4-6-2-1-5-3-7(10)11-8(5)6/h2,5,8-9H,1,3-4H2/t5-,8+/m1/s1. The number of allylic oxidation sites excluding steroid dienone is 1. The van der Waals surface area contributed by atoms with E-state index in [0.717, 1.165) is 12.0 Å². The van der Waals surface area contributed by atoms with Crippen LogP contribution in [-0.2, 0) is 9.53 Å². The number of aliphatic hydroxyl groups excluding tert-OH is 1. The van der Waals surface area contributed by atoms with Gasteiger partial charge in [0.15, 0.2) is 0 Å². The SMILES string of the molecule is O=C1C[C@H]2CC=C(CO)[C@H]2O1. The van der Waals surface area contributed by atoms with E-state index in [1.807, 2.05) is 6.08 Å². The molecule has 0 radical (unpaired) electrons.